The molecule has 1 N–H and O–H groups in total. The molecule has 1 aliphatic carbocycles. The fourth-order valence-corrected chi connectivity index (χ4v) is 3.54. The third-order valence-electron chi connectivity index (χ3n) is 4.73. The van der Waals surface area contributed by atoms with Crippen LogP contribution < -0.4 is 0 Å². The number of amides is 1. The number of aliphatic hydroxyl groups excluding tert-OH is 1. The molecule has 3 unspecified atom stereocenters. The minimum atomic E-state index is -0.272. The summed E-state index contributed by atoms with van der Waals surface area (Å²) in [5, 5.41) is 14.2. The number of carbonyl (C=O) groups excluding carboxylic acids is 1. The molecular weight excluding hydrogens is 270 g/mol. The van der Waals surface area contributed by atoms with Gasteiger partial charge in [-0.05, 0) is 31.7 Å². The van der Waals surface area contributed by atoms with E-state index in [0.29, 0.717) is 24.8 Å². The minimum Gasteiger partial charge on any atom is -0.393 e. The summed E-state index contributed by atoms with van der Waals surface area (Å²) >= 11 is 0. The largest absolute Gasteiger partial charge is 0.393 e. The summed E-state index contributed by atoms with van der Waals surface area (Å²) in [4.78, 5) is 22.6. The fraction of sp³-hybridized carbons (Fsp3) is 0.571. The van der Waals surface area contributed by atoms with Gasteiger partial charge < -0.3 is 10.0 Å². The molecule has 0 bridgehead atoms. The molecule has 2 aromatic rings. The van der Waals surface area contributed by atoms with E-state index in [1.807, 2.05) is 13.0 Å². The van der Waals surface area contributed by atoms with Gasteiger partial charge in [-0.15, -0.1) is 5.10 Å². The molecule has 1 amide bonds. The normalized spacial score (nSPS) is 28.3. The monoisotopic (exact) mass is 287 g/mol. The predicted octanol–water partition coefficient (Wildman–Crippen LogP) is 0.276. The van der Waals surface area contributed by atoms with Crippen LogP contribution in [0.15, 0.2) is 12.3 Å². The highest BCUT2D eigenvalue weighted by atomic mass is 16.3. The summed E-state index contributed by atoms with van der Waals surface area (Å²) in [7, 11) is 0. The smallest absolute Gasteiger partial charge is 0.293 e. The average molecular weight is 287 g/mol. The first-order valence-corrected chi connectivity index (χ1v) is 7.29. The standard InChI is InChI=1S/C14H17N5O2/c1-8-4-5-15-14-16-12(17-19(8)14)13(21)18-6-9-2-3-11(20)10(9)7-18/h4-5,9-11,20H,2-3,6-7H2,1H3. The highest BCUT2D eigenvalue weighted by Crippen LogP contribution is 2.38. The molecule has 7 heteroatoms. The molecule has 3 atom stereocenters. The van der Waals surface area contributed by atoms with E-state index in [9.17, 15) is 9.90 Å². The Morgan fingerprint density at radius 3 is 3.00 bits per heavy atom. The zero-order valence-corrected chi connectivity index (χ0v) is 11.8. The first-order chi connectivity index (χ1) is 10.1. The zero-order valence-electron chi connectivity index (χ0n) is 11.8. The van der Waals surface area contributed by atoms with E-state index >= 15 is 0 Å². The van der Waals surface area contributed by atoms with Crippen LogP contribution in [0, 0.1) is 18.8 Å². The lowest BCUT2D eigenvalue weighted by molar-refractivity contribution is 0.0741. The van der Waals surface area contributed by atoms with Crippen molar-refractivity contribution in [2.24, 2.45) is 11.8 Å². The summed E-state index contributed by atoms with van der Waals surface area (Å²) in [6.45, 7) is 3.20. The molecule has 7 nitrogen and oxygen atoms in total. The Morgan fingerprint density at radius 2 is 2.24 bits per heavy atom. The summed E-state index contributed by atoms with van der Waals surface area (Å²) < 4.78 is 1.58. The van der Waals surface area contributed by atoms with Crippen molar-refractivity contribution in [2.75, 3.05) is 13.1 Å². The lowest BCUT2D eigenvalue weighted by Crippen LogP contribution is -2.31. The third kappa shape index (κ3) is 1.91. The lowest BCUT2D eigenvalue weighted by atomic mass is 10.00. The first-order valence-electron chi connectivity index (χ1n) is 7.29. The summed E-state index contributed by atoms with van der Waals surface area (Å²) in [5.74, 6) is 1.09. The Hall–Kier alpha value is -2.02. The molecule has 21 heavy (non-hydrogen) atoms. The predicted molar refractivity (Wildman–Crippen MR) is 73.6 cm³/mol. The van der Waals surface area contributed by atoms with Gasteiger partial charge in [0.1, 0.15) is 0 Å². The average Bonchev–Trinajstić information content (AvgIpc) is 3.14. The molecule has 3 heterocycles. The molecule has 2 aliphatic rings. The van der Waals surface area contributed by atoms with E-state index in [1.165, 1.54) is 0 Å². The van der Waals surface area contributed by atoms with E-state index in [2.05, 4.69) is 15.1 Å². The van der Waals surface area contributed by atoms with Gasteiger partial charge in [-0.1, -0.05) is 0 Å². The van der Waals surface area contributed by atoms with Crippen LogP contribution in [0.25, 0.3) is 5.78 Å². The SMILES string of the molecule is Cc1ccnc2nc(C(=O)N3CC4CCC(O)C4C3)nn12. The number of fused-ring (bicyclic) bond motifs is 2. The number of hydrogen-bond donors (Lipinski definition) is 1. The Labute approximate surface area is 121 Å². The number of hydrogen-bond acceptors (Lipinski definition) is 5. The Bertz CT molecular complexity index is 712. The molecule has 1 saturated heterocycles. The third-order valence-corrected chi connectivity index (χ3v) is 4.73. The van der Waals surface area contributed by atoms with Crippen molar-refractivity contribution >= 4 is 11.7 Å². The van der Waals surface area contributed by atoms with Crippen LogP contribution in [-0.4, -0.2) is 54.7 Å². The minimum absolute atomic E-state index is 0.165. The van der Waals surface area contributed by atoms with Crippen LogP contribution in [0.2, 0.25) is 0 Å². The number of nitrogens with zero attached hydrogens (tertiary/aromatic N) is 5. The van der Waals surface area contributed by atoms with Gasteiger partial charge in [-0.3, -0.25) is 4.79 Å². The number of likely N-dealkylation sites (tertiary alicyclic amines) is 1. The maximum atomic E-state index is 12.5. The van der Waals surface area contributed by atoms with Crippen molar-refractivity contribution in [3.63, 3.8) is 0 Å². The molecule has 2 aromatic heterocycles. The van der Waals surface area contributed by atoms with E-state index < -0.39 is 0 Å². The molecule has 1 aliphatic heterocycles. The van der Waals surface area contributed by atoms with Crippen molar-refractivity contribution in [2.45, 2.75) is 25.9 Å². The second-order valence-corrected chi connectivity index (χ2v) is 6.01. The van der Waals surface area contributed by atoms with Crippen LogP contribution in [0.5, 0.6) is 0 Å². The quantitative estimate of drug-likeness (QED) is 0.814. The number of aliphatic hydroxyl groups is 1. The topological polar surface area (TPSA) is 83.6 Å². The maximum absolute atomic E-state index is 12.5. The molecule has 2 fully saturated rings. The first kappa shape index (κ1) is 12.7. The van der Waals surface area contributed by atoms with Gasteiger partial charge in [0.05, 0.1) is 6.10 Å². The summed E-state index contributed by atoms with van der Waals surface area (Å²) in [6, 6.07) is 1.83. The van der Waals surface area contributed by atoms with E-state index in [-0.39, 0.29) is 23.8 Å². The van der Waals surface area contributed by atoms with E-state index in [0.717, 1.165) is 18.5 Å². The number of carbonyl (C=O) groups is 1. The van der Waals surface area contributed by atoms with Crippen LogP contribution in [0.4, 0.5) is 0 Å². The second kappa shape index (κ2) is 4.49. The van der Waals surface area contributed by atoms with E-state index in [1.54, 1.807) is 15.6 Å². The number of aryl methyl sites for hydroxylation is 1. The van der Waals surface area contributed by atoms with Crippen molar-refractivity contribution in [3.05, 3.63) is 23.8 Å². The van der Waals surface area contributed by atoms with Crippen LogP contribution in [-0.2, 0) is 0 Å². The number of rotatable bonds is 1. The van der Waals surface area contributed by atoms with Gasteiger partial charge in [0.25, 0.3) is 11.7 Å². The van der Waals surface area contributed by atoms with Crippen LogP contribution in [0.3, 0.4) is 0 Å². The molecule has 110 valence electrons. The van der Waals surface area contributed by atoms with Crippen LogP contribution >= 0.6 is 0 Å². The molecule has 0 aromatic carbocycles. The molecule has 4 rings (SSSR count). The van der Waals surface area contributed by atoms with Crippen molar-refractivity contribution in [3.8, 4) is 0 Å². The van der Waals surface area contributed by atoms with Gasteiger partial charge in [-0.2, -0.15) is 4.98 Å². The summed E-state index contributed by atoms with van der Waals surface area (Å²) in [6.07, 6.45) is 3.23. The van der Waals surface area contributed by atoms with Crippen molar-refractivity contribution in [1.29, 1.82) is 0 Å². The molecular formula is C14H17N5O2. The number of aromatic nitrogens is 4. The van der Waals surface area contributed by atoms with Crippen molar-refractivity contribution < 1.29 is 9.90 Å². The lowest BCUT2D eigenvalue weighted by Gasteiger charge is -2.16. The highest BCUT2D eigenvalue weighted by Gasteiger charge is 2.44. The van der Waals surface area contributed by atoms with Gasteiger partial charge in [0.2, 0.25) is 5.82 Å². The van der Waals surface area contributed by atoms with Gasteiger partial charge in [0.15, 0.2) is 0 Å². The Kier molecular flexibility index (Phi) is 2.72. The van der Waals surface area contributed by atoms with Gasteiger partial charge in [0, 0.05) is 30.9 Å². The Balaban J connectivity index is 1.61. The molecule has 1 saturated carbocycles. The van der Waals surface area contributed by atoms with Gasteiger partial charge >= 0.3 is 0 Å². The van der Waals surface area contributed by atoms with Crippen molar-refractivity contribution in [1.82, 2.24) is 24.5 Å². The zero-order chi connectivity index (χ0) is 14.6. The maximum Gasteiger partial charge on any atom is 0.293 e. The summed E-state index contributed by atoms with van der Waals surface area (Å²) in [5.41, 5.74) is 0.889. The fourth-order valence-electron chi connectivity index (χ4n) is 3.54. The Morgan fingerprint density at radius 1 is 1.38 bits per heavy atom. The van der Waals surface area contributed by atoms with Crippen LogP contribution in [0.1, 0.15) is 29.2 Å². The molecule has 0 radical (unpaired) electrons. The molecule has 0 spiro atoms. The van der Waals surface area contributed by atoms with E-state index in [4.69, 9.17) is 0 Å². The highest BCUT2D eigenvalue weighted by molar-refractivity contribution is 5.91. The van der Waals surface area contributed by atoms with Gasteiger partial charge in [-0.25, -0.2) is 9.50 Å². The second-order valence-electron chi connectivity index (χ2n) is 6.01.